The molecular weight excluding hydrogens is 220 g/mol. The zero-order valence-corrected chi connectivity index (χ0v) is 11.0. The van der Waals surface area contributed by atoms with Gasteiger partial charge in [-0.3, -0.25) is 0 Å². The summed E-state index contributed by atoms with van der Waals surface area (Å²) in [6.07, 6.45) is 4.83. The predicted octanol–water partition coefficient (Wildman–Crippen LogP) is 2.75. The quantitative estimate of drug-likeness (QED) is 0.878. The first-order valence-electron chi connectivity index (χ1n) is 5.97. The van der Waals surface area contributed by atoms with Crippen molar-refractivity contribution in [2.24, 2.45) is 0 Å². The molecule has 1 aliphatic heterocycles. The molecule has 16 heavy (non-hydrogen) atoms. The Morgan fingerprint density at radius 2 is 2.31 bits per heavy atom. The lowest BCUT2D eigenvalue weighted by Gasteiger charge is -2.25. The molecule has 0 saturated carbocycles. The predicted molar refractivity (Wildman–Crippen MR) is 66.7 cm³/mol. The molecule has 0 spiro atoms. The highest BCUT2D eigenvalue weighted by molar-refractivity contribution is 7.09. The minimum atomic E-state index is 0.255. The van der Waals surface area contributed by atoms with Gasteiger partial charge in [-0.05, 0) is 19.8 Å². The molecular formula is C12H20N2OS. The fraction of sp³-hybridized carbons (Fsp3) is 0.750. The van der Waals surface area contributed by atoms with E-state index in [1.165, 1.54) is 0 Å². The van der Waals surface area contributed by atoms with Gasteiger partial charge in [-0.15, -0.1) is 11.3 Å². The van der Waals surface area contributed by atoms with Gasteiger partial charge in [0.1, 0.15) is 5.01 Å². The van der Waals surface area contributed by atoms with E-state index < -0.39 is 0 Å². The third-order valence-corrected chi connectivity index (χ3v) is 3.73. The lowest BCUT2D eigenvalue weighted by molar-refractivity contribution is 0.0296. The molecule has 4 heteroatoms. The molecule has 1 aliphatic rings. The Morgan fingerprint density at radius 1 is 1.50 bits per heavy atom. The topological polar surface area (TPSA) is 34.2 Å². The molecule has 0 aliphatic carbocycles. The number of rotatable bonds is 4. The van der Waals surface area contributed by atoms with Crippen molar-refractivity contribution in [1.29, 1.82) is 0 Å². The molecule has 2 rings (SSSR count). The van der Waals surface area contributed by atoms with E-state index in [0.717, 1.165) is 17.8 Å². The average Bonchev–Trinajstić information content (AvgIpc) is 2.84. The second kappa shape index (κ2) is 5.25. The summed E-state index contributed by atoms with van der Waals surface area (Å²) in [5, 5.41) is 6.74. The summed E-state index contributed by atoms with van der Waals surface area (Å²) >= 11 is 1.71. The summed E-state index contributed by atoms with van der Waals surface area (Å²) < 4.78 is 5.95. The van der Waals surface area contributed by atoms with Gasteiger partial charge in [0.15, 0.2) is 0 Å². The van der Waals surface area contributed by atoms with E-state index in [1.807, 2.05) is 11.6 Å². The second-order valence-electron chi connectivity index (χ2n) is 4.73. The van der Waals surface area contributed by atoms with Crippen LogP contribution < -0.4 is 5.32 Å². The van der Waals surface area contributed by atoms with Gasteiger partial charge >= 0.3 is 0 Å². The van der Waals surface area contributed by atoms with Gasteiger partial charge in [-0.2, -0.15) is 0 Å². The lowest BCUT2D eigenvalue weighted by Crippen LogP contribution is -2.36. The highest BCUT2D eigenvalue weighted by Crippen LogP contribution is 2.31. The maximum atomic E-state index is 5.95. The van der Waals surface area contributed by atoms with Gasteiger partial charge in [0, 0.05) is 17.6 Å². The van der Waals surface area contributed by atoms with Crippen molar-refractivity contribution in [2.45, 2.75) is 57.9 Å². The van der Waals surface area contributed by atoms with Crippen molar-refractivity contribution in [3.05, 3.63) is 16.6 Å². The van der Waals surface area contributed by atoms with E-state index in [-0.39, 0.29) is 12.1 Å². The SMILES string of the molecule is CC(C)NC(c1nccs1)C1CCC(C)O1. The van der Waals surface area contributed by atoms with Crippen LogP contribution in [-0.4, -0.2) is 23.2 Å². The number of aromatic nitrogens is 1. The highest BCUT2D eigenvalue weighted by atomic mass is 32.1. The van der Waals surface area contributed by atoms with Crippen molar-refractivity contribution in [2.75, 3.05) is 0 Å². The number of hydrogen-bond acceptors (Lipinski definition) is 4. The van der Waals surface area contributed by atoms with E-state index in [9.17, 15) is 0 Å². The van der Waals surface area contributed by atoms with Gasteiger partial charge in [-0.25, -0.2) is 4.98 Å². The molecule has 0 amide bonds. The minimum Gasteiger partial charge on any atom is -0.373 e. The Hall–Kier alpha value is -0.450. The third kappa shape index (κ3) is 2.81. The molecule has 1 saturated heterocycles. The lowest BCUT2D eigenvalue weighted by atomic mass is 10.1. The summed E-state index contributed by atoms with van der Waals surface area (Å²) in [4.78, 5) is 4.42. The number of thiazole rings is 1. The maximum Gasteiger partial charge on any atom is 0.112 e. The average molecular weight is 240 g/mol. The summed E-state index contributed by atoms with van der Waals surface area (Å²) in [6, 6.07) is 0.707. The first kappa shape index (κ1) is 12.0. The molecule has 1 aromatic heterocycles. The third-order valence-electron chi connectivity index (χ3n) is 2.87. The molecule has 3 atom stereocenters. The second-order valence-corrected chi connectivity index (χ2v) is 5.66. The largest absolute Gasteiger partial charge is 0.373 e. The Balaban J connectivity index is 2.08. The van der Waals surface area contributed by atoms with E-state index in [2.05, 4.69) is 31.1 Å². The van der Waals surface area contributed by atoms with Crippen LogP contribution in [0.2, 0.25) is 0 Å². The fourth-order valence-electron chi connectivity index (χ4n) is 2.16. The Bertz CT molecular complexity index is 313. The molecule has 1 aromatic rings. The summed E-state index contributed by atoms with van der Waals surface area (Å²) in [7, 11) is 0. The van der Waals surface area contributed by atoms with E-state index >= 15 is 0 Å². The fourth-order valence-corrected chi connectivity index (χ4v) is 2.91. The highest BCUT2D eigenvalue weighted by Gasteiger charge is 2.32. The van der Waals surface area contributed by atoms with Gasteiger partial charge in [0.2, 0.25) is 0 Å². The van der Waals surface area contributed by atoms with E-state index in [1.54, 1.807) is 11.3 Å². The first-order valence-corrected chi connectivity index (χ1v) is 6.85. The zero-order chi connectivity index (χ0) is 11.5. The molecule has 90 valence electrons. The van der Waals surface area contributed by atoms with E-state index in [4.69, 9.17) is 4.74 Å². The van der Waals surface area contributed by atoms with Crippen molar-refractivity contribution < 1.29 is 4.74 Å². The van der Waals surface area contributed by atoms with Crippen molar-refractivity contribution in [3.8, 4) is 0 Å². The molecule has 1 fully saturated rings. The Labute approximate surface area is 101 Å². The molecule has 0 bridgehead atoms. The van der Waals surface area contributed by atoms with Crippen molar-refractivity contribution >= 4 is 11.3 Å². The van der Waals surface area contributed by atoms with Crippen LogP contribution in [0.4, 0.5) is 0 Å². The van der Waals surface area contributed by atoms with Crippen LogP contribution in [0.3, 0.4) is 0 Å². The standard InChI is InChI=1S/C12H20N2OS/c1-8(2)14-11(12-13-6-7-16-12)10-5-4-9(3)15-10/h6-11,14H,4-5H2,1-3H3. The summed E-state index contributed by atoms with van der Waals surface area (Å²) in [5.74, 6) is 0. The summed E-state index contributed by atoms with van der Waals surface area (Å²) in [5.41, 5.74) is 0. The van der Waals surface area contributed by atoms with Crippen LogP contribution in [0.25, 0.3) is 0 Å². The number of nitrogens with one attached hydrogen (secondary N) is 1. The zero-order valence-electron chi connectivity index (χ0n) is 10.1. The van der Waals surface area contributed by atoms with Gasteiger partial charge in [0.25, 0.3) is 0 Å². The van der Waals surface area contributed by atoms with Crippen LogP contribution in [0.1, 0.15) is 44.7 Å². The summed E-state index contributed by atoms with van der Waals surface area (Å²) in [6.45, 7) is 6.48. The number of nitrogens with zero attached hydrogens (tertiary/aromatic N) is 1. The van der Waals surface area contributed by atoms with Crippen LogP contribution in [-0.2, 0) is 4.74 Å². The maximum absolute atomic E-state index is 5.95. The molecule has 2 heterocycles. The van der Waals surface area contributed by atoms with E-state index in [0.29, 0.717) is 12.1 Å². The molecule has 3 nitrogen and oxygen atoms in total. The first-order chi connectivity index (χ1) is 7.66. The van der Waals surface area contributed by atoms with Crippen molar-refractivity contribution in [3.63, 3.8) is 0 Å². The van der Waals surface area contributed by atoms with Crippen molar-refractivity contribution in [1.82, 2.24) is 10.3 Å². The van der Waals surface area contributed by atoms with Gasteiger partial charge in [-0.1, -0.05) is 13.8 Å². The van der Waals surface area contributed by atoms with Crippen LogP contribution in [0.5, 0.6) is 0 Å². The molecule has 1 N–H and O–H groups in total. The monoisotopic (exact) mass is 240 g/mol. The molecule has 3 unspecified atom stereocenters. The van der Waals surface area contributed by atoms with Crippen LogP contribution in [0.15, 0.2) is 11.6 Å². The minimum absolute atomic E-state index is 0.255. The van der Waals surface area contributed by atoms with Gasteiger partial charge < -0.3 is 10.1 Å². The Morgan fingerprint density at radius 3 is 2.81 bits per heavy atom. The number of hydrogen-bond donors (Lipinski definition) is 1. The molecule has 0 aromatic carbocycles. The normalized spacial score (nSPS) is 27.5. The van der Waals surface area contributed by atoms with Crippen LogP contribution >= 0.6 is 11.3 Å². The number of ether oxygens (including phenoxy) is 1. The van der Waals surface area contributed by atoms with Crippen LogP contribution in [0, 0.1) is 0 Å². The Kier molecular flexibility index (Phi) is 3.95. The smallest absolute Gasteiger partial charge is 0.112 e. The van der Waals surface area contributed by atoms with Gasteiger partial charge in [0.05, 0.1) is 18.2 Å². The molecule has 0 radical (unpaired) electrons.